The Morgan fingerprint density at radius 3 is 2.23 bits per heavy atom. The molecule has 2 rings (SSSR count). The van der Waals surface area contributed by atoms with Gasteiger partial charge >= 0.3 is 6.09 Å². The first-order valence-corrected chi connectivity index (χ1v) is 6.78. The van der Waals surface area contributed by atoms with Crippen molar-refractivity contribution in [3.63, 3.8) is 0 Å². The van der Waals surface area contributed by atoms with Crippen LogP contribution in [0.25, 0.3) is 0 Å². The zero-order chi connectivity index (χ0) is 16.2. The molecule has 0 fully saturated rings. The van der Waals surface area contributed by atoms with Gasteiger partial charge in [-0.1, -0.05) is 12.1 Å². The molecule has 1 heterocycles. The Morgan fingerprint density at radius 1 is 1.05 bits per heavy atom. The zero-order valence-electron chi connectivity index (χ0n) is 12.7. The highest BCUT2D eigenvalue weighted by Crippen LogP contribution is 2.22. The van der Waals surface area contributed by atoms with Gasteiger partial charge in [0.05, 0.1) is 23.2 Å². The van der Waals surface area contributed by atoms with Crippen molar-refractivity contribution in [2.45, 2.75) is 26.4 Å². The van der Waals surface area contributed by atoms with Gasteiger partial charge in [-0.15, -0.1) is 0 Å². The molecule has 0 radical (unpaired) electrons. The quantitative estimate of drug-likeness (QED) is 0.901. The predicted molar refractivity (Wildman–Crippen MR) is 83.0 cm³/mol. The van der Waals surface area contributed by atoms with E-state index in [0.29, 0.717) is 16.9 Å². The van der Waals surface area contributed by atoms with E-state index in [0.717, 1.165) is 0 Å². The topological polar surface area (TPSA) is 80.6 Å². The minimum Gasteiger partial charge on any atom is -0.472 e. The van der Waals surface area contributed by atoms with Crippen LogP contribution >= 0.6 is 0 Å². The first-order chi connectivity index (χ1) is 10.3. The molecule has 2 aromatic rings. The molecule has 0 aliphatic carbocycles. The summed E-state index contributed by atoms with van der Waals surface area (Å²) >= 11 is 0. The normalized spacial score (nSPS) is 10.9. The summed E-state index contributed by atoms with van der Waals surface area (Å²) in [4.78, 5) is 23.9. The van der Waals surface area contributed by atoms with E-state index in [9.17, 15) is 9.59 Å². The highest BCUT2D eigenvalue weighted by molar-refractivity contribution is 6.06. The van der Waals surface area contributed by atoms with Gasteiger partial charge in [-0.25, -0.2) is 4.79 Å². The number of hydrogen-bond acceptors (Lipinski definition) is 4. The molecule has 0 bridgehead atoms. The van der Waals surface area contributed by atoms with Crippen molar-refractivity contribution in [2.24, 2.45) is 0 Å². The molecule has 0 unspecified atom stereocenters. The Bertz CT molecular complexity index is 657. The minimum absolute atomic E-state index is 0.327. The smallest absolute Gasteiger partial charge is 0.412 e. The number of amides is 2. The van der Waals surface area contributed by atoms with Crippen molar-refractivity contribution in [3.8, 4) is 0 Å². The summed E-state index contributed by atoms with van der Waals surface area (Å²) in [6.07, 6.45) is 2.18. The summed E-state index contributed by atoms with van der Waals surface area (Å²) in [5.74, 6) is -0.327. The van der Waals surface area contributed by atoms with Gasteiger partial charge in [-0.2, -0.15) is 0 Å². The van der Waals surface area contributed by atoms with Crippen LogP contribution in [0.4, 0.5) is 16.2 Å². The van der Waals surface area contributed by atoms with Gasteiger partial charge in [-0.05, 0) is 39.0 Å². The number of carbonyl (C=O) groups is 2. The first kappa shape index (κ1) is 15.6. The van der Waals surface area contributed by atoms with Crippen LogP contribution in [0.3, 0.4) is 0 Å². The predicted octanol–water partition coefficient (Wildman–Crippen LogP) is 3.88. The zero-order valence-corrected chi connectivity index (χ0v) is 12.7. The number of rotatable bonds is 3. The lowest BCUT2D eigenvalue weighted by Gasteiger charge is -2.20. The van der Waals surface area contributed by atoms with Gasteiger partial charge < -0.3 is 14.5 Å². The first-order valence-electron chi connectivity index (χ1n) is 6.78. The van der Waals surface area contributed by atoms with Gasteiger partial charge in [0.1, 0.15) is 11.9 Å². The molecule has 0 saturated carbocycles. The Morgan fingerprint density at radius 2 is 1.68 bits per heavy atom. The summed E-state index contributed by atoms with van der Waals surface area (Å²) in [5.41, 5.74) is 0.722. The Kier molecular flexibility index (Phi) is 4.50. The fourth-order valence-corrected chi connectivity index (χ4v) is 1.70. The van der Waals surface area contributed by atoms with E-state index < -0.39 is 11.7 Å². The monoisotopic (exact) mass is 302 g/mol. The number of ether oxygens (including phenoxy) is 1. The van der Waals surface area contributed by atoms with Crippen molar-refractivity contribution in [2.75, 3.05) is 10.6 Å². The Balaban J connectivity index is 2.10. The molecular formula is C16H18N2O4. The number of nitrogens with one attached hydrogen (secondary N) is 2. The van der Waals surface area contributed by atoms with Crippen molar-refractivity contribution in [1.82, 2.24) is 0 Å². The number of hydrogen-bond donors (Lipinski definition) is 2. The largest absolute Gasteiger partial charge is 0.472 e. The standard InChI is InChI=1S/C16H18N2O4/c1-16(2,3)22-15(20)18-13-7-5-4-6-12(13)17-14(19)11-8-9-21-10-11/h4-10H,1-3H3,(H,17,19)(H,18,20). The van der Waals surface area contributed by atoms with E-state index in [2.05, 4.69) is 10.6 Å². The van der Waals surface area contributed by atoms with Crippen LogP contribution in [0.15, 0.2) is 47.3 Å². The lowest BCUT2D eigenvalue weighted by Crippen LogP contribution is -2.27. The molecule has 0 aliphatic rings. The van der Waals surface area contributed by atoms with Crippen molar-refractivity contribution < 1.29 is 18.7 Å². The number of anilines is 2. The molecule has 22 heavy (non-hydrogen) atoms. The average molecular weight is 302 g/mol. The second-order valence-electron chi connectivity index (χ2n) is 5.64. The lowest BCUT2D eigenvalue weighted by molar-refractivity contribution is 0.0635. The van der Waals surface area contributed by atoms with Gasteiger partial charge in [0, 0.05) is 0 Å². The molecule has 0 atom stereocenters. The maximum absolute atomic E-state index is 12.0. The number of furan rings is 1. The summed E-state index contributed by atoms with van der Waals surface area (Å²) in [6, 6.07) is 8.42. The van der Waals surface area contributed by atoms with Gasteiger partial charge in [0.2, 0.25) is 0 Å². The van der Waals surface area contributed by atoms with Gasteiger partial charge in [-0.3, -0.25) is 10.1 Å². The van der Waals surface area contributed by atoms with Crippen LogP contribution in [0, 0.1) is 0 Å². The molecule has 116 valence electrons. The molecule has 6 nitrogen and oxygen atoms in total. The molecule has 0 aliphatic heterocycles. The molecular weight excluding hydrogens is 284 g/mol. The molecule has 1 aromatic carbocycles. The summed E-state index contributed by atoms with van der Waals surface area (Å²) in [7, 11) is 0. The van der Waals surface area contributed by atoms with Crippen molar-refractivity contribution in [3.05, 3.63) is 48.4 Å². The summed E-state index contributed by atoms with van der Waals surface area (Å²) in [5, 5.41) is 5.33. The molecule has 0 saturated heterocycles. The van der Waals surface area contributed by atoms with E-state index in [1.54, 1.807) is 51.1 Å². The fraction of sp³-hybridized carbons (Fsp3) is 0.250. The Hall–Kier alpha value is -2.76. The van der Waals surface area contributed by atoms with Crippen LogP contribution < -0.4 is 10.6 Å². The van der Waals surface area contributed by atoms with Crippen LogP contribution in [0.5, 0.6) is 0 Å². The van der Waals surface area contributed by atoms with E-state index in [4.69, 9.17) is 9.15 Å². The molecule has 2 amide bonds. The van der Waals surface area contributed by atoms with Crippen LogP contribution in [0.1, 0.15) is 31.1 Å². The summed E-state index contributed by atoms with van der Waals surface area (Å²) < 4.78 is 10.1. The maximum Gasteiger partial charge on any atom is 0.412 e. The third-order valence-corrected chi connectivity index (χ3v) is 2.59. The molecule has 0 spiro atoms. The third-order valence-electron chi connectivity index (χ3n) is 2.59. The number of carbonyl (C=O) groups excluding carboxylic acids is 2. The van der Waals surface area contributed by atoms with Gasteiger partial charge in [0.15, 0.2) is 0 Å². The van der Waals surface area contributed by atoms with Crippen LogP contribution in [-0.4, -0.2) is 17.6 Å². The van der Waals surface area contributed by atoms with E-state index >= 15 is 0 Å². The highest BCUT2D eigenvalue weighted by atomic mass is 16.6. The van der Waals surface area contributed by atoms with Gasteiger partial charge in [0.25, 0.3) is 5.91 Å². The van der Waals surface area contributed by atoms with E-state index in [1.165, 1.54) is 12.5 Å². The molecule has 1 aromatic heterocycles. The Labute approximate surface area is 128 Å². The summed E-state index contributed by atoms with van der Waals surface area (Å²) in [6.45, 7) is 5.33. The lowest BCUT2D eigenvalue weighted by atomic mass is 10.2. The number of benzene rings is 1. The SMILES string of the molecule is CC(C)(C)OC(=O)Nc1ccccc1NC(=O)c1ccoc1. The maximum atomic E-state index is 12.0. The van der Waals surface area contributed by atoms with E-state index in [-0.39, 0.29) is 5.91 Å². The number of para-hydroxylation sites is 2. The molecule has 6 heteroatoms. The van der Waals surface area contributed by atoms with Crippen LogP contribution in [0.2, 0.25) is 0 Å². The second kappa shape index (κ2) is 6.34. The van der Waals surface area contributed by atoms with E-state index in [1.807, 2.05) is 0 Å². The van der Waals surface area contributed by atoms with Crippen molar-refractivity contribution >= 4 is 23.4 Å². The third kappa shape index (κ3) is 4.37. The fourth-order valence-electron chi connectivity index (χ4n) is 1.70. The highest BCUT2D eigenvalue weighted by Gasteiger charge is 2.17. The van der Waals surface area contributed by atoms with Crippen molar-refractivity contribution in [1.29, 1.82) is 0 Å². The second-order valence-corrected chi connectivity index (χ2v) is 5.64. The minimum atomic E-state index is -0.598. The average Bonchev–Trinajstić information content (AvgIpc) is 2.92. The molecule has 2 N–H and O–H groups in total. The van der Waals surface area contributed by atoms with Crippen LogP contribution in [-0.2, 0) is 4.74 Å².